The summed E-state index contributed by atoms with van der Waals surface area (Å²) < 4.78 is 88.4. The van der Waals surface area contributed by atoms with Gasteiger partial charge in [0.05, 0.1) is 64.6 Å². The van der Waals surface area contributed by atoms with E-state index < -0.39 is 242 Å². The summed E-state index contributed by atoms with van der Waals surface area (Å²) in [6, 6.07) is 0. The van der Waals surface area contributed by atoms with Crippen LogP contribution in [0.2, 0.25) is 0 Å². The molecule has 0 radical (unpaired) electrons. The van der Waals surface area contributed by atoms with Crippen LogP contribution >= 0.6 is 0 Å². The molecule has 0 aromatic carbocycles. The van der Waals surface area contributed by atoms with Crippen molar-refractivity contribution in [2.75, 3.05) is 67.1 Å². The average Bonchev–Trinajstić information content (AvgIpc) is 4.05. The zero-order chi connectivity index (χ0) is 54.2. The Hall–Kier alpha value is -1.24. The number of methoxy groups -OCH3 is 2. The molecule has 1 aliphatic carbocycles. The maximum atomic E-state index is 12.4. The largest absolute Gasteiger partial charge is 0.396 e. The standard InChI is InChI=1S/C44H74O31/c1-61-20-10-65-43(36(30(20)56)74-41-33(59)27(53)17(7-47)68-41)70-19-9-64-39(25(51)15(19)4-13-3-14(5-45)24(50)23(13)49)72-22-12-66-44(71-21-11-63-38(62-2)31(57)29(21)55)37(75-42-34(60)28(54)18(8-48)69-42)35(22)73-40-32(58)26(52)16(6-46)67-40/h13-60H,3-12H2,1-2H3/t13-,14-,15?,16-,17-,18-,19+,20+,21+,22+,23+,24-,25?,26-,27-,28?,29?,30-,31?,32-,33-,34?,35-,36?,37?,38+,39-,40-,41-,42-,43-,44-/m0/s1. The predicted molar refractivity (Wildman–Crippen MR) is 232 cm³/mol. The van der Waals surface area contributed by atoms with Gasteiger partial charge in [0.1, 0.15) is 116 Å². The topological polar surface area (TPSA) is 462 Å². The highest BCUT2D eigenvalue weighted by Crippen LogP contribution is 2.42. The molecule has 436 valence electrons. The number of hydrogen-bond donors (Lipinski definition) is 16. The van der Waals surface area contributed by atoms with Gasteiger partial charge in [0.15, 0.2) is 44.0 Å². The van der Waals surface area contributed by atoms with Crippen molar-refractivity contribution in [1.82, 2.24) is 0 Å². The summed E-state index contributed by atoms with van der Waals surface area (Å²) in [4.78, 5) is 0. The Morgan fingerprint density at radius 1 is 0.333 bits per heavy atom. The lowest BCUT2D eigenvalue weighted by Crippen LogP contribution is -2.64. The molecule has 1 saturated carbocycles. The quantitative estimate of drug-likeness (QED) is 0.0538. The first-order valence-electron chi connectivity index (χ1n) is 24.9. The minimum Gasteiger partial charge on any atom is -0.396 e. The van der Waals surface area contributed by atoms with Crippen LogP contribution in [-0.4, -0.2) is 327 Å². The smallest absolute Gasteiger partial charge is 0.187 e. The number of rotatable bonds is 20. The highest BCUT2D eigenvalue weighted by molar-refractivity contribution is 4.99. The van der Waals surface area contributed by atoms with Gasteiger partial charge < -0.3 is 153 Å². The van der Waals surface area contributed by atoms with E-state index in [4.69, 9.17) is 71.1 Å². The Labute approximate surface area is 428 Å². The molecule has 8 unspecified atom stereocenters. The van der Waals surface area contributed by atoms with E-state index in [0.717, 1.165) is 0 Å². The van der Waals surface area contributed by atoms with E-state index >= 15 is 0 Å². The summed E-state index contributed by atoms with van der Waals surface area (Å²) in [5, 5.41) is 172. The maximum Gasteiger partial charge on any atom is 0.187 e. The van der Waals surface area contributed by atoms with Crippen molar-refractivity contribution in [3.63, 3.8) is 0 Å². The van der Waals surface area contributed by atoms with Gasteiger partial charge in [-0.3, -0.25) is 0 Å². The second-order valence-corrected chi connectivity index (χ2v) is 20.0. The normalized spacial score (nSPS) is 52.7. The zero-order valence-electron chi connectivity index (χ0n) is 40.8. The minimum absolute atomic E-state index is 0.0777. The molecule has 7 aliphatic heterocycles. The molecule has 0 amide bonds. The van der Waals surface area contributed by atoms with Crippen LogP contribution in [0.4, 0.5) is 0 Å². The Bertz CT molecular complexity index is 1750. The monoisotopic (exact) mass is 1100 g/mol. The fraction of sp³-hybridized carbons (Fsp3) is 1.00. The summed E-state index contributed by atoms with van der Waals surface area (Å²) in [7, 11) is 2.52. The molecule has 75 heavy (non-hydrogen) atoms. The molecule has 7 saturated heterocycles. The van der Waals surface area contributed by atoms with E-state index in [9.17, 15) is 81.7 Å². The van der Waals surface area contributed by atoms with Gasteiger partial charge in [-0.2, -0.15) is 0 Å². The van der Waals surface area contributed by atoms with Crippen molar-refractivity contribution in [3.05, 3.63) is 0 Å². The van der Waals surface area contributed by atoms with Gasteiger partial charge in [-0.05, 0) is 18.8 Å². The van der Waals surface area contributed by atoms with E-state index in [1.165, 1.54) is 14.2 Å². The van der Waals surface area contributed by atoms with Crippen LogP contribution in [0.5, 0.6) is 0 Å². The van der Waals surface area contributed by atoms with Gasteiger partial charge in [-0.25, -0.2) is 0 Å². The van der Waals surface area contributed by atoms with Crippen molar-refractivity contribution in [2.45, 2.75) is 191 Å². The van der Waals surface area contributed by atoms with Crippen LogP contribution in [0.15, 0.2) is 0 Å². The van der Waals surface area contributed by atoms with E-state index in [0.29, 0.717) is 0 Å². The van der Waals surface area contributed by atoms with Gasteiger partial charge in [0, 0.05) is 32.7 Å². The Kier molecular flexibility index (Phi) is 20.9. The molecule has 31 nitrogen and oxygen atoms in total. The fourth-order valence-electron chi connectivity index (χ4n) is 10.9. The fourth-order valence-corrected chi connectivity index (χ4v) is 10.9. The van der Waals surface area contributed by atoms with E-state index in [2.05, 4.69) is 0 Å². The van der Waals surface area contributed by atoms with Gasteiger partial charge in [0.2, 0.25) is 0 Å². The second-order valence-electron chi connectivity index (χ2n) is 20.0. The summed E-state index contributed by atoms with van der Waals surface area (Å²) in [5.74, 6) is -2.72. The van der Waals surface area contributed by atoms with E-state index in [1.54, 1.807) is 0 Å². The first kappa shape index (κ1) is 59.9. The molecule has 0 bridgehead atoms. The van der Waals surface area contributed by atoms with Crippen molar-refractivity contribution >= 4 is 0 Å². The molecule has 7 heterocycles. The third kappa shape index (κ3) is 12.5. The Morgan fingerprint density at radius 2 is 0.760 bits per heavy atom. The molecular weight excluding hydrogens is 1020 g/mol. The van der Waals surface area contributed by atoms with Gasteiger partial charge in [0.25, 0.3) is 0 Å². The third-order valence-corrected chi connectivity index (χ3v) is 15.4. The van der Waals surface area contributed by atoms with Gasteiger partial charge in [-0.1, -0.05) is 0 Å². The molecule has 16 N–H and O–H groups in total. The first-order valence-corrected chi connectivity index (χ1v) is 24.9. The first-order chi connectivity index (χ1) is 35.9. The summed E-state index contributed by atoms with van der Waals surface area (Å²) in [6.45, 7) is -4.47. The second kappa shape index (κ2) is 26.1. The average molecular weight is 1100 g/mol. The van der Waals surface area contributed by atoms with Crippen LogP contribution in [0.1, 0.15) is 12.8 Å². The maximum absolute atomic E-state index is 12.4. The van der Waals surface area contributed by atoms with Gasteiger partial charge >= 0.3 is 0 Å². The number of aliphatic hydroxyl groups is 16. The van der Waals surface area contributed by atoms with Crippen LogP contribution in [-0.2, 0) is 71.1 Å². The molecule has 8 rings (SSSR count). The van der Waals surface area contributed by atoms with Crippen LogP contribution < -0.4 is 0 Å². The molecule has 31 heteroatoms. The van der Waals surface area contributed by atoms with Crippen molar-refractivity contribution < 1.29 is 153 Å². The van der Waals surface area contributed by atoms with Crippen LogP contribution in [0.25, 0.3) is 0 Å². The SMILES string of the molecule is CO[C@@H]1OC[C@@H](O[C@@H]2OC[C@@H](O[C@@H]3OC[C@@H](O[C@@H]4OC[C@@H](OC)[C@H](O)C4O[C@@H]4O[C@@H](CO)[C@H](O)[C@@H]4O)C(C[C@@H]4C[C@@H](CO)[C@H](O)[C@@H]4O)C3O)[C@H](O[C@@H]3O[C@@H](CO)[C@H](O)[C@@H]3O)C2O[C@@H]2O[C@@H](CO)C(O)C2O)C(O)C1O. The molecule has 0 spiro atoms. The van der Waals surface area contributed by atoms with Crippen LogP contribution in [0.3, 0.4) is 0 Å². The molecule has 8 aliphatic rings. The minimum atomic E-state index is -1.85. The molecule has 32 atom stereocenters. The summed E-state index contributed by atoms with van der Waals surface area (Å²) >= 11 is 0. The summed E-state index contributed by atoms with van der Waals surface area (Å²) in [5.41, 5.74) is 0. The predicted octanol–water partition coefficient (Wildman–Crippen LogP) is -10.5. The molecular formula is C44H74O31. The lowest BCUT2D eigenvalue weighted by molar-refractivity contribution is -0.383. The highest BCUT2D eigenvalue weighted by atomic mass is 16.8. The highest BCUT2D eigenvalue weighted by Gasteiger charge is 2.57. The van der Waals surface area contributed by atoms with Gasteiger partial charge in [-0.15, -0.1) is 0 Å². The number of hydrogen-bond acceptors (Lipinski definition) is 31. The van der Waals surface area contributed by atoms with Crippen molar-refractivity contribution in [2.24, 2.45) is 17.8 Å². The Morgan fingerprint density at radius 3 is 1.27 bits per heavy atom. The lowest BCUT2D eigenvalue weighted by atomic mass is 9.82. The van der Waals surface area contributed by atoms with E-state index in [1.807, 2.05) is 0 Å². The summed E-state index contributed by atoms with van der Waals surface area (Å²) in [6.07, 6.45) is -45.6. The van der Waals surface area contributed by atoms with Crippen molar-refractivity contribution in [3.8, 4) is 0 Å². The number of ether oxygens (including phenoxy) is 15. The van der Waals surface area contributed by atoms with Crippen molar-refractivity contribution in [1.29, 1.82) is 0 Å². The molecule has 0 aromatic rings. The Balaban J connectivity index is 1.09. The number of aliphatic hydroxyl groups excluding tert-OH is 16. The zero-order valence-corrected chi connectivity index (χ0v) is 40.8. The molecule has 8 fully saturated rings. The van der Waals surface area contributed by atoms with Crippen LogP contribution in [0, 0.1) is 17.8 Å². The van der Waals surface area contributed by atoms with E-state index in [-0.39, 0.29) is 19.4 Å². The lowest BCUT2D eigenvalue weighted by Gasteiger charge is -2.48. The molecule has 0 aromatic heterocycles. The third-order valence-electron chi connectivity index (χ3n) is 15.4.